The third-order valence-electron chi connectivity index (χ3n) is 1.74. The van der Waals surface area contributed by atoms with E-state index in [1.807, 2.05) is 0 Å². The van der Waals surface area contributed by atoms with Crippen molar-refractivity contribution in [2.24, 2.45) is 0 Å². The minimum Gasteiger partial charge on any atom is -0.494 e. The zero-order chi connectivity index (χ0) is 10.6. The number of benzene rings is 1. The lowest BCUT2D eigenvalue weighted by Crippen LogP contribution is -2.00. The Hall–Kier alpha value is -1.71. The number of halogens is 1. The summed E-state index contributed by atoms with van der Waals surface area (Å²) in [6, 6.07) is 3.84. The summed E-state index contributed by atoms with van der Waals surface area (Å²) in [5.74, 6) is -0.932. The van der Waals surface area contributed by atoms with Crippen LogP contribution < -0.4 is 4.74 Å². The summed E-state index contributed by atoms with van der Waals surface area (Å²) < 4.78 is 17.8. The fraction of sp³-hybridized carbons (Fsp3) is 0.200. The Labute approximate surface area is 80.5 Å². The van der Waals surface area contributed by atoms with Gasteiger partial charge in [0.05, 0.1) is 13.5 Å². The summed E-state index contributed by atoms with van der Waals surface area (Å²) in [4.78, 5) is 21.2. The van der Waals surface area contributed by atoms with Gasteiger partial charge in [0.1, 0.15) is 6.29 Å². The van der Waals surface area contributed by atoms with Crippen molar-refractivity contribution < 1.29 is 18.7 Å². The first-order chi connectivity index (χ1) is 6.69. The predicted octanol–water partition coefficient (Wildman–Crippen LogP) is 1.61. The first kappa shape index (κ1) is 10.4. The normalized spacial score (nSPS) is 9.57. The molecule has 0 aliphatic heterocycles. The van der Waals surface area contributed by atoms with E-state index in [0.29, 0.717) is 6.29 Å². The van der Waals surface area contributed by atoms with Gasteiger partial charge in [0, 0.05) is 5.56 Å². The van der Waals surface area contributed by atoms with Crippen molar-refractivity contribution in [3.63, 3.8) is 0 Å². The standard InChI is InChI=1S/C10H9FO3/c1-14-10-3-2-7(6-8(10)11)9(13)4-5-12/h2-3,5-6H,4H2,1H3. The Balaban J connectivity index is 2.96. The number of Topliss-reactive ketones (excluding diaryl/α,β-unsaturated/α-hetero) is 1. The highest BCUT2D eigenvalue weighted by molar-refractivity contribution is 6.02. The molecule has 1 aromatic carbocycles. The highest BCUT2D eigenvalue weighted by Gasteiger charge is 2.09. The smallest absolute Gasteiger partial charge is 0.170 e. The average molecular weight is 196 g/mol. The molecule has 0 radical (unpaired) electrons. The van der Waals surface area contributed by atoms with Crippen LogP contribution in [0.15, 0.2) is 18.2 Å². The molecule has 0 unspecified atom stereocenters. The van der Waals surface area contributed by atoms with Crippen molar-refractivity contribution in [1.82, 2.24) is 0 Å². The van der Waals surface area contributed by atoms with E-state index < -0.39 is 11.6 Å². The summed E-state index contributed by atoms with van der Waals surface area (Å²) in [5.41, 5.74) is 0.176. The Morgan fingerprint density at radius 3 is 2.79 bits per heavy atom. The summed E-state index contributed by atoms with van der Waals surface area (Å²) in [6.45, 7) is 0. The number of rotatable bonds is 4. The maximum absolute atomic E-state index is 13.1. The molecule has 0 bridgehead atoms. The van der Waals surface area contributed by atoms with E-state index >= 15 is 0 Å². The summed E-state index contributed by atoms with van der Waals surface area (Å²) in [5, 5.41) is 0. The SMILES string of the molecule is COc1ccc(C(=O)CC=O)cc1F. The molecule has 3 nitrogen and oxygen atoms in total. The van der Waals surface area contributed by atoms with E-state index in [1.54, 1.807) is 0 Å². The topological polar surface area (TPSA) is 43.4 Å². The van der Waals surface area contributed by atoms with Gasteiger partial charge in [-0.2, -0.15) is 0 Å². The molecule has 74 valence electrons. The minimum absolute atomic E-state index is 0.0765. The fourth-order valence-electron chi connectivity index (χ4n) is 1.03. The second-order valence-corrected chi connectivity index (χ2v) is 2.64. The van der Waals surface area contributed by atoms with Crippen LogP contribution in [0.2, 0.25) is 0 Å². The monoisotopic (exact) mass is 196 g/mol. The molecule has 14 heavy (non-hydrogen) atoms. The van der Waals surface area contributed by atoms with Gasteiger partial charge in [-0.3, -0.25) is 4.79 Å². The number of ether oxygens (including phenoxy) is 1. The number of ketones is 1. The molecule has 4 heteroatoms. The molecule has 0 aliphatic rings. The lowest BCUT2D eigenvalue weighted by atomic mass is 10.1. The maximum Gasteiger partial charge on any atom is 0.170 e. The molecule has 0 amide bonds. The Morgan fingerprint density at radius 2 is 2.29 bits per heavy atom. The maximum atomic E-state index is 13.1. The van der Waals surface area contributed by atoms with Crippen molar-refractivity contribution >= 4 is 12.1 Å². The van der Waals surface area contributed by atoms with E-state index in [4.69, 9.17) is 0 Å². The molecule has 0 aromatic heterocycles. The van der Waals surface area contributed by atoms with Crippen molar-refractivity contribution in [2.75, 3.05) is 7.11 Å². The third kappa shape index (κ3) is 2.16. The van der Waals surface area contributed by atoms with E-state index in [9.17, 15) is 14.0 Å². The highest BCUT2D eigenvalue weighted by Crippen LogP contribution is 2.18. The summed E-state index contributed by atoms with van der Waals surface area (Å²) in [6.07, 6.45) is 0.260. The third-order valence-corrected chi connectivity index (χ3v) is 1.74. The van der Waals surface area contributed by atoms with Gasteiger partial charge in [-0.1, -0.05) is 0 Å². The van der Waals surface area contributed by atoms with Crippen molar-refractivity contribution in [2.45, 2.75) is 6.42 Å². The van der Waals surface area contributed by atoms with Crippen LogP contribution >= 0.6 is 0 Å². The molecule has 0 fully saturated rings. The summed E-state index contributed by atoms with van der Waals surface area (Å²) >= 11 is 0. The van der Waals surface area contributed by atoms with Gasteiger partial charge in [0.2, 0.25) is 0 Å². The van der Waals surface area contributed by atoms with E-state index in [1.165, 1.54) is 19.2 Å². The molecule has 0 atom stereocenters. The van der Waals surface area contributed by atoms with Gasteiger partial charge in [-0.25, -0.2) is 4.39 Å². The zero-order valence-electron chi connectivity index (χ0n) is 7.62. The van der Waals surface area contributed by atoms with Crippen molar-refractivity contribution in [1.29, 1.82) is 0 Å². The van der Waals surface area contributed by atoms with Gasteiger partial charge in [0.15, 0.2) is 17.3 Å². The molecule has 0 aliphatic carbocycles. The van der Waals surface area contributed by atoms with E-state index in [-0.39, 0.29) is 17.7 Å². The molecule has 0 saturated heterocycles. The first-order valence-corrected chi connectivity index (χ1v) is 3.99. The fourth-order valence-corrected chi connectivity index (χ4v) is 1.03. The lowest BCUT2D eigenvalue weighted by molar-refractivity contribution is -0.107. The zero-order valence-corrected chi connectivity index (χ0v) is 7.62. The molecule has 0 heterocycles. The first-order valence-electron chi connectivity index (χ1n) is 3.99. The van der Waals surface area contributed by atoms with Gasteiger partial charge >= 0.3 is 0 Å². The molecular weight excluding hydrogens is 187 g/mol. The van der Waals surface area contributed by atoms with Crippen LogP contribution in [0.4, 0.5) is 4.39 Å². The van der Waals surface area contributed by atoms with Gasteiger partial charge in [0.25, 0.3) is 0 Å². The van der Waals surface area contributed by atoms with Crippen LogP contribution in [-0.2, 0) is 4.79 Å². The van der Waals surface area contributed by atoms with Gasteiger partial charge < -0.3 is 9.53 Å². The Bertz CT molecular complexity index is 360. The van der Waals surface area contributed by atoms with Crippen LogP contribution in [-0.4, -0.2) is 19.2 Å². The summed E-state index contributed by atoms with van der Waals surface area (Å²) in [7, 11) is 1.34. The molecule has 0 spiro atoms. The minimum atomic E-state index is -0.607. The highest BCUT2D eigenvalue weighted by atomic mass is 19.1. The second-order valence-electron chi connectivity index (χ2n) is 2.64. The molecule has 1 aromatic rings. The van der Waals surface area contributed by atoms with Crippen LogP contribution in [0.1, 0.15) is 16.8 Å². The quantitative estimate of drug-likeness (QED) is 0.417. The average Bonchev–Trinajstić information content (AvgIpc) is 2.18. The molecule has 1 rings (SSSR count). The van der Waals surface area contributed by atoms with Gasteiger partial charge in [-0.05, 0) is 18.2 Å². The number of aldehydes is 1. The van der Waals surface area contributed by atoms with Crippen LogP contribution in [0.25, 0.3) is 0 Å². The van der Waals surface area contributed by atoms with Crippen molar-refractivity contribution in [3.05, 3.63) is 29.6 Å². The number of hydrogen-bond donors (Lipinski definition) is 0. The lowest BCUT2D eigenvalue weighted by Gasteiger charge is -2.02. The molecular formula is C10H9FO3. The van der Waals surface area contributed by atoms with E-state index in [2.05, 4.69) is 4.74 Å². The van der Waals surface area contributed by atoms with E-state index in [0.717, 1.165) is 6.07 Å². The number of methoxy groups -OCH3 is 1. The van der Waals surface area contributed by atoms with Crippen LogP contribution in [0, 0.1) is 5.82 Å². The predicted molar refractivity (Wildman–Crippen MR) is 48.0 cm³/mol. The number of carbonyl (C=O) groups excluding carboxylic acids is 2. The molecule has 0 N–H and O–H groups in total. The van der Waals surface area contributed by atoms with Crippen molar-refractivity contribution in [3.8, 4) is 5.75 Å². The Morgan fingerprint density at radius 1 is 1.57 bits per heavy atom. The second kappa shape index (κ2) is 4.50. The Kier molecular flexibility index (Phi) is 3.34. The largest absolute Gasteiger partial charge is 0.494 e. The van der Waals surface area contributed by atoms with Gasteiger partial charge in [-0.15, -0.1) is 0 Å². The number of hydrogen-bond acceptors (Lipinski definition) is 3. The van der Waals surface area contributed by atoms with Crippen LogP contribution in [0.5, 0.6) is 5.75 Å². The number of carbonyl (C=O) groups is 2. The molecule has 0 saturated carbocycles. The van der Waals surface area contributed by atoms with Crippen LogP contribution in [0.3, 0.4) is 0 Å².